The number of ether oxygens (including phenoxy) is 2. The van der Waals surface area contributed by atoms with Crippen molar-refractivity contribution >= 4 is 23.4 Å². The van der Waals surface area contributed by atoms with Crippen molar-refractivity contribution in [3.05, 3.63) is 89.0 Å². The monoisotopic (exact) mass is 446 g/mol. The molecule has 3 rings (SSSR count). The minimum atomic E-state index is -1.36. The summed E-state index contributed by atoms with van der Waals surface area (Å²) in [5.41, 5.74) is 1.06. The highest BCUT2D eigenvalue weighted by Gasteiger charge is 2.25. The number of benzene rings is 2. The lowest BCUT2D eigenvalue weighted by atomic mass is 9.89. The molecule has 0 atom stereocenters. The van der Waals surface area contributed by atoms with Crippen LogP contribution in [0.2, 0.25) is 0 Å². The van der Waals surface area contributed by atoms with Gasteiger partial charge in [-0.3, -0.25) is 14.4 Å². The normalized spacial score (nSPS) is 14.5. The molecule has 0 unspecified atom stereocenters. The minimum Gasteiger partial charge on any atom is -0.493 e. The predicted molar refractivity (Wildman–Crippen MR) is 126 cm³/mol. The highest BCUT2D eigenvalue weighted by atomic mass is 16.5. The third kappa shape index (κ3) is 5.93. The molecule has 0 heterocycles. The van der Waals surface area contributed by atoms with Gasteiger partial charge in [0.2, 0.25) is 0 Å². The fourth-order valence-electron chi connectivity index (χ4n) is 3.43. The van der Waals surface area contributed by atoms with E-state index >= 15 is 0 Å². The van der Waals surface area contributed by atoms with Gasteiger partial charge in [0.05, 0.1) is 14.2 Å². The smallest absolute Gasteiger partial charge is 0.185 e. The maximum absolute atomic E-state index is 13.1. The van der Waals surface area contributed by atoms with Crippen LogP contribution in [0.4, 0.5) is 0 Å². The Kier molecular flexibility index (Phi) is 7.41. The fourth-order valence-corrected chi connectivity index (χ4v) is 3.43. The van der Waals surface area contributed by atoms with Crippen molar-refractivity contribution in [2.45, 2.75) is 25.4 Å². The first-order valence-corrected chi connectivity index (χ1v) is 10.5. The van der Waals surface area contributed by atoms with Crippen LogP contribution in [-0.4, -0.2) is 42.3 Å². The molecule has 1 aliphatic rings. The van der Waals surface area contributed by atoms with Crippen LogP contribution in [0.1, 0.15) is 44.7 Å². The SMILES string of the molecule is COc1cc(/C=C/C(=O)c2ccc(C)cc2)c(C(=O)CCC2(O)C=CC(=O)C=C2)cc1OC. The van der Waals surface area contributed by atoms with Gasteiger partial charge in [0, 0.05) is 17.5 Å². The fraction of sp³-hybridized carbons (Fsp3) is 0.222. The van der Waals surface area contributed by atoms with Gasteiger partial charge in [0.1, 0.15) is 5.60 Å². The van der Waals surface area contributed by atoms with Gasteiger partial charge >= 0.3 is 0 Å². The molecule has 0 amide bonds. The Morgan fingerprint density at radius 3 is 2.21 bits per heavy atom. The second kappa shape index (κ2) is 10.2. The molecule has 6 heteroatoms. The van der Waals surface area contributed by atoms with Crippen LogP contribution in [-0.2, 0) is 4.79 Å². The molecule has 0 saturated heterocycles. The van der Waals surface area contributed by atoms with Gasteiger partial charge < -0.3 is 14.6 Å². The van der Waals surface area contributed by atoms with Crippen molar-refractivity contribution in [3.8, 4) is 11.5 Å². The Morgan fingerprint density at radius 1 is 1.00 bits per heavy atom. The lowest BCUT2D eigenvalue weighted by Crippen LogP contribution is -2.26. The average Bonchev–Trinajstić information content (AvgIpc) is 2.83. The molecule has 170 valence electrons. The van der Waals surface area contributed by atoms with E-state index < -0.39 is 5.60 Å². The lowest BCUT2D eigenvalue weighted by molar-refractivity contribution is -0.110. The van der Waals surface area contributed by atoms with Crippen LogP contribution in [0.5, 0.6) is 11.5 Å². The summed E-state index contributed by atoms with van der Waals surface area (Å²) in [4.78, 5) is 37.0. The molecule has 1 N–H and O–H groups in total. The third-order valence-corrected chi connectivity index (χ3v) is 5.43. The van der Waals surface area contributed by atoms with Gasteiger partial charge in [-0.05, 0) is 61.4 Å². The van der Waals surface area contributed by atoms with E-state index in [2.05, 4.69) is 0 Å². The number of rotatable bonds is 9. The molecule has 0 bridgehead atoms. The van der Waals surface area contributed by atoms with E-state index in [-0.39, 0.29) is 30.2 Å². The molecule has 0 aromatic heterocycles. The summed E-state index contributed by atoms with van der Waals surface area (Å²) in [5, 5.41) is 10.6. The molecular weight excluding hydrogens is 420 g/mol. The molecule has 0 aliphatic heterocycles. The molecule has 0 fully saturated rings. The molecule has 1 aliphatic carbocycles. The van der Waals surface area contributed by atoms with Crippen molar-refractivity contribution in [2.75, 3.05) is 14.2 Å². The number of carbonyl (C=O) groups excluding carboxylic acids is 3. The van der Waals surface area contributed by atoms with E-state index in [9.17, 15) is 19.5 Å². The van der Waals surface area contributed by atoms with E-state index in [0.717, 1.165) is 5.56 Å². The Morgan fingerprint density at radius 2 is 1.61 bits per heavy atom. The molecular formula is C27H26O6. The maximum Gasteiger partial charge on any atom is 0.185 e. The lowest BCUT2D eigenvalue weighted by Gasteiger charge is -2.22. The van der Waals surface area contributed by atoms with E-state index in [4.69, 9.17) is 9.47 Å². The van der Waals surface area contributed by atoms with E-state index in [0.29, 0.717) is 28.2 Å². The zero-order chi connectivity index (χ0) is 24.0. The zero-order valence-corrected chi connectivity index (χ0v) is 18.8. The Bertz CT molecular complexity index is 1140. The van der Waals surface area contributed by atoms with Crippen LogP contribution >= 0.6 is 0 Å². The van der Waals surface area contributed by atoms with Crippen molar-refractivity contribution in [2.24, 2.45) is 0 Å². The third-order valence-electron chi connectivity index (χ3n) is 5.43. The second-order valence-electron chi connectivity index (χ2n) is 7.84. The second-order valence-corrected chi connectivity index (χ2v) is 7.84. The first-order chi connectivity index (χ1) is 15.7. The van der Waals surface area contributed by atoms with E-state index in [1.54, 1.807) is 30.3 Å². The first-order valence-electron chi connectivity index (χ1n) is 10.5. The largest absolute Gasteiger partial charge is 0.493 e. The molecule has 2 aromatic carbocycles. The molecule has 6 nitrogen and oxygen atoms in total. The van der Waals surface area contributed by atoms with Crippen molar-refractivity contribution in [1.82, 2.24) is 0 Å². The zero-order valence-electron chi connectivity index (χ0n) is 18.8. The summed E-state index contributed by atoms with van der Waals surface area (Å²) in [6.45, 7) is 1.94. The van der Waals surface area contributed by atoms with Gasteiger partial charge in [0.25, 0.3) is 0 Å². The van der Waals surface area contributed by atoms with Crippen molar-refractivity contribution < 1.29 is 29.0 Å². The Hall–Kier alpha value is -3.77. The molecule has 0 spiro atoms. The highest BCUT2D eigenvalue weighted by molar-refractivity contribution is 6.08. The number of hydrogen-bond acceptors (Lipinski definition) is 6. The first kappa shape index (κ1) is 23.9. The van der Waals surface area contributed by atoms with Gasteiger partial charge in [-0.15, -0.1) is 0 Å². The van der Waals surface area contributed by atoms with Crippen LogP contribution in [0.15, 0.2) is 66.8 Å². The van der Waals surface area contributed by atoms with Gasteiger partial charge in [-0.1, -0.05) is 35.9 Å². The summed E-state index contributed by atoms with van der Waals surface area (Å²) >= 11 is 0. The molecule has 0 saturated carbocycles. The number of Topliss-reactive ketones (excluding diaryl/α,β-unsaturated/α-hetero) is 1. The molecule has 2 aromatic rings. The molecule has 0 radical (unpaired) electrons. The van der Waals surface area contributed by atoms with Crippen molar-refractivity contribution in [3.63, 3.8) is 0 Å². The number of carbonyl (C=O) groups is 3. The molecule has 33 heavy (non-hydrogen) atoms. The number of aliphatic hydroxyl groups is 1. The summed E-state index contributed by atoms with van der Waals surface area (Å²) in [7, 11) is 2.96. The Balaban J connectivity index is 1.87. The summed E-state index contributed by atoms with van der Waals surface area (Å²) in [6.07, 6.45) is 8.45. The van der Waals surface area contributed by atoms with E-state index in [1.807, 2.05) is 19.1 Å². The number of hydrogen-bond donors (Lipinski definition) is 1. The van der Waals surface area contributed by atoms with Gasteiger partial charge in [-0.2, -0.15) is 0 Å². The number of ketones is 3. The van der Waals surface area contributed by atoms with Crippen LogP contribution in [0, 0.1) is 6.92 Å². The predicted octanol–water partition coefficient (Wildman–Crippen LogP) is 4.30. The van der Waals surface area contributed by atoms with Gasteiger partial charge in [-0.25, -0.2) is 0 Å². The van der Waals surface area contributed by atoms with Crippen molar-refractivity contribution in [1.29, 1.82) is 0 Å². The number of aryl methyl sites for hydroxylation is 1. The van der Waals surface area contributed by atoms with Gasteiger partial charge in [0.15, 0.2) is 28.8 Å². The standard InChI is InChI=1S/C27H26O6/c1-18-4-6-19(7-5-18)23(29)9-8-20-16-25(32-2)26(33-3)17-22(20)24(30)12-15-27(31)13-10-21(28)11-14-27/h4-11,13-14,16-17,31H,12,15H2,1-3H3/b9-8+. The van der Waals surface area contributed by atoms with E-state index in [1.165, 1.54) is 44.6 Å². The Labute approximate surface area is 192 Å². The maximum atomic E-state index is 13.1. The minimum absolute atomic E-state index is 0.0155. The summed E-state index contributed by atoms with van der Waals surface area (Å²) in [5.74, 6) is 0.151. The van der Waals surface area contributed by atoms with Crippen LogP contribution in [0.3, 0.4) is 0 Å². The van der Waals surface area contributed by atoms with Crippen LogP contribution < -0.4 is 9.47 Å². The number of allylic oxidation sites excluding steroid dienone is 3. The average molecular weight is 446 g/mol. The topological polar surface area (TPSA) is 89.9 Å². The summed E-state index contributed by atoms with van der Waals surface area (Å²) in [6, 6.07) is 10.4. The highest BCUT2D eigenvalue weighted by Crippen LogP contribution is 2.33. The summed E-state index contributed by atoms with van der Waals surface area (Å²) < 4.78 is 10.7. The quantitative estimate of drug-likeness (QED) is 0.456. The van der Waals surface area contributed by atoms with Crippen LogP contribution in [0.25, 0.3) is 6.08 Å². The number of methoxy groups -OCH3 is 2.